The Bertz CT molecular complexity index is 955. The van der Waals surface area contributed by atoms with Gasteiger partial charge in [0.2, 0.25) is 12.3 Å². The number of aldehydes is 1. The molecule has 0 spiro atoms. The van der Waals surface area contributed by atoms with Gasteiger partial charge in [-0.05, 0) is 49.3 Å². The van der Waals surface area contributed by atoms with Crippen LogP contribution in [0.25, 0.3) is 10.9 Å². The lowest BCUT2D eigenvalue weighted by Gasteiger charge is -2.23. The number of ether oxygens (including phenoxy) is 1. The number of aromatic nitrogens is 1. The van der Waals surface area contributed by atoms with Crippen LogP contribution in [0.5, 0.6) is 5.75 Å². The minimum Gasteiger partial charge on any atom is -0.496 e. The van der Waals surface area contributed by atoms with Gasteiger partial charge < -0.3 is 30.5 Å². The fourth-order valence-corrected chi connectivity index (χ4v) is 3.74. The number of nitrogens with one attached hydrogen (secondary N) is 4. The van der Waals surface area contributed by atoms with Gasteiger partial charge in [0.05, 0.1) is 13.2 Å². The fourth-order valence-electron chi connectivity index (χ4n) is 3.74. The number of amides is 3. The van der Waals surface area contributed by atoms with Crippen molar-refractivity contribution in [2.45, 2.75) is 52.1 Å². The summed E-state index contributed by atoms with van der Waals surface area (Å²) in [5, 5.41) is 8.92. The molecular formula is C24H34N4O5. The molecule has 180 valence electrons. The first kappa shape index (κ1) is 25.9. The molecule has 9 nitrogen and oxygen atoms in total. The Morgan fingerprint density at radius 1 is 1.12 bits per heavy atom. The van der Waals surface area contributed by atoms with Crippen molar-refractivity contribution in [3.63, 3.8) is 0 Å². The summed E-state index contributed by atoms with van der Waals surface area (Å²) in [6.45, 7) is 6.37. The summed E-state index contributed by atoms with van der Waals surface area (Å²) in [5.74, 6) is 0.0935. The number of carbonyl (C=O) groups excluding carboxylic acids is 4. The van der Waals surface area contributed by atoms with Crippen molar-refractivity contribution in [2.24, 2.45) is 11.8 Å². The molecule has 1 aromatic carbocycles. The van der Waals surface area contributed by atoms with Gasteiger partial charge in [-0.2, -0.15) is 0 Å². The number of hydrogen-bond acceptors (Lipinski definition) is 5. The van der Waals surface area contributed by atoms with E-state index in [1.807, 2.05) is 39.0 Å². The average Bonchev–Trinajstić information content (AvgIpc) is 3.22. The lowest BCUT2D eigenvalue weighted by atomic mass is 9.98. The van der Waals surface area contributed by atoms with Crippen LogP contribution in [0.1, 0.15) is 50.5 Å². The van der Waals surface area contributed by atoms with E-state index in [2.05, 4.69) is 20.9 Å². The summed E-state index contributed by atoms with van der Waals surface area (Å²) >= 11 is 0. The molecule has 1 heterocycles. The summed E-state index contributed by atoms with van der Waals surface area (Å²) in [5.41, 5.74) is 1.07. The molecule has 0 unspecified atom stereocenters. The Morgan fingerprint density at radius 3 is 2.52 bits per heavy atom. The van der Waals surface area contributed by atoms with E-state index >= 15 is 0 Å². The molecule has 0 fully saturated rings. The topological polar surface area (TPSA) is 129 Å². The summed E-state index contributed by atoms with van der Waals surface area (Å²) < 4.78 is 5.34. The highest BCUT2D eigenvalue weighted by Crippen LogP contribution is 2.26. The van der Waals surface area contributed by atoms with E-state index in [4.69, 9.17) is 4.74 Å². The second-order valence-electron chi connectivity index (χ2n) is 8.71. The van der Waals surface area contributed by atoms with Crippen LogP contribution in [0.3, 0.4) is 0 Å². The molecule has 0 saturated carbocycles. The number of hydrogen-bond donors (Lipinski definition) is 4. The highest BCUT2D eigenvalue weighted by Gasteiger charge is 2.26. The maximum absolute atomic E-state index is 13.0. The molecule has 3 amide bonds. The van der Waals surface area contributed by atoms with Crippen LogP contribution >= 0.6 is 0 Å². The minimum absolute atomic E-state index is 0.118. The first-order chi connectivity index (χ1) is 15.8. The molecular weight excluding hydrogens is 424 g/mol. The molecule has 0 aliphatic heterocycles. The zero-order valence-electron chi connectivity index (χ0n) is 19.6. The molecule has 4 N–H and O–H groups in total. The SMILES string of the molecule is COc1cccc2[nH]c(C(=O)N[C@@H](CC(C)C)C(=O)N[C@H](C=O)C[C@@H](C)CCNC=O)cc12. The monoisotopic (exact) mass is 458 g/mol. The van der Waals surface area contributed by atoms with Gasteiger partial charge in [0, 0.05) is 17.4 Å². The second kappa shape index (κ2) is 12.6. The number of fused-ring (bicyclic) bond motifs is 1. The maximum atomic E-state index is 13.0. The van der Waals surface area contributed by atoms with Gasteiger partial charge in [0.15, 0.2) is 0 Å². The largest absolute Gasteiger partial charge is 0.496 e. The highest BCUT2D eigenvalue weighted by molar-refractivity contribution is 6.01. The predicted octanol–water partition coefficient (Wildman–Crippen LogP) is 2.17. The van der Waals surface area contributed by atoms with Crippen molar-refractivity contribution < 1.29 is 23.9 Å². The van der Waals surface area contributed by atoms with Gasteiger partial charge in [-0.25, -0.2) is 0 Å². The Labute approximate surface area is 194 Å². The molecule has 0 aliphatic rings. The van der Waals surface area contributed by atoms with Crippen molar-refractivity contribution in [1.29, 1.82) is 0 Å². The number of rotatable bonds is 14. The molecule has 9 heteroatoms. The summed E-state index contributed by atoms with van der Waals surface area (Å²) in [4.78, 5) is 50.9. The smallest absolute Gasteiger partial charge is 0.268 e. The molecule has 0 radical (unpaired) electrons. The molecule has 2 aromatic rings. The number of methoxy groups -OCH3 is 1. The Balaban J connectivity index is 2.08. The predicted molar refractivity (Wildman–Crippen MR) is 126 cm³/mol. The number of aromatic amines is 1. The maximum Gasteiger partial charge on any atom is 0.268 e. The van der Waals surface area contributed by atoms with E-state index in [1.165, 1.54) is 0 Å². The molecule has 2 rings (SSSR count). The van der Waals surface area contributed by atoms with Crippen molar-refractivity contribution in [3.8, 4) is 5.75 Å². The first-order valence-electron chi connectivity index (χ1n) is 11.2. The van der Waals surface area contributed by atoms with Crippen molar-refractivity contribution in [1.82, 2.24) is 20.9 Å². The quantitative estimate of drug-likeness (QED) is 0.255. The summed E-state index contributed by atoms with van der Waals surface area (Å²) in [7, 11) is 1.56. The Morgan fingerprint density at radius 2 is 1.88 bits per heavy atom. The van der Waals surface area contributed by atoms with Gasteiger partial charge in [0.25, 0.3) is 5.91 Å². The highest BCUT2D eigenvalue weighted by atomic mass is 16.5. The zero-order chi connectivity index (χ0) is 24.4. The molecule has 0 saturated heterocycles. The van der Waals surface area contributed by atoms with E-state index in [0.29, 0.717) is 49.9 Å². The molecule has 1 aromatic heterocycles. The van der Waals surface area contributed by atoms with Gasteiger partial charge in [-0.15, -0.1) is 0 Å². The van der Waals surface area contributed by atoms with Gasteiger partial charge in [-0.1, -0.05) is 26.8 Å². The van der Waals surface area contributed by atoms with E-state index in [-0.39, 0.29) is 11.8 Å². The van der Waals surface area contributed by atoms with Crippen LogP contribution in [0.4, 0.5) is 0 Å². The van der Waals surface area contributed by atoms with Gasteiger partial charge >= 0.3 is 0 Å². The molecule has 0 bridgehead atoms. The number of carbonyl (C=O) groups is 4. The summed E-state index contributed by atoms with van der Waals surface area (Å²) in [6, 6.07) is 5.70. The standard InChI is InChI=1S/C24H34N4O5/c1-15(2)10-20(23(31)26-17(13-29)11-16(3)8-9-25-14-30)28-24(32)21-12-18-19(27-21)6-5-7-22(18)33-4/h5-7,12-17,20,27H,8-11H2,1-4H3,(H,25,30)(H,26,31)(H,28,32)/t16-,17-,20-/m0/s1. The normalized spacial score (nSPS) is 13.7. The second-order valence-corrected chi connectivity index (χ2v) is 8.71. The Kier molecular flexibility index (Phi) is 9.90. The van der Waals surface area contributed by atoms with Crippen molar-refractivity contribution in [3.05, 3.63) is 30.0 Å². The van der Waals surface area contributed by atoms with Crippen LogP contribution in [-0.2, 0) is 14.4 Å². The van der Waals surface area contributed by atoms with Crippen LogP contribution in [-0.4, -0.2) is 55.2 Å². The van der Waals surface area contributed by atoms with E-state index in [1.54, 1.807) is 13.2 Å². The number of H-pyrrole nitrogens is 1. The van der Waals surface area contributed by atoms with Crippen LogP contribution < -0.4 is 20.7 Å². The first-order valence-corrected chi connectivity index (χ1v) is 11.2. The van der Waals surface area contributed by atoms with Crippen LogP contribution in [0.2, 0.25) is 0 Å². The van der Waals surface area contributed by atoms with Gasteiger partial charge in [0.1, 0.15) is 23.8 Å². The Hall–Kier alpha value is -3.36. The van der Waals surface area contributed by atoms with E-state index in [9.17, 15) is 19.2 Å². The summed E-state index contributed by atoms with van der Waals surface area (Å²) in [6.07, 6.45) is 2.90. The fraction of sp³-hybridized carbons (Fsp3) is 0.500. The van der Waals surface area contributed by atoms with Gasteiger partial charge in [-0.3, -0.25) is 14.4 Å². The third-order valence-corrected chi connectivity index (χ3v) is 5.43. The van der Waals surface area contributed by atoms with E-state index in [0.717, 1.165) is 10.9 Å². The molecule has 33 heavy (non-hydrogen) atoms. The van der Waals surface area contributed by atoms with Crippen molar-refractivity contribution >= 4 is 35.4 Å². The zero-order valence-corrected chi connectivity index (χ0v) is 19.6. The van der Waals surface area contributed by atoms with Crippen molar-refractivity contribution in [2.75, 3.05) is 13.7 Å². The molecule has 0 aliphatic carbocycles. The minimum atomic E-state index is -0.791. The van der Waals surface area contributed by atoms with Crippen LogP contribution in [0, 0.1) is 11.8 Å². The number of benzene rings is 1. The third kappa shape index (κ3) is 7.62. The average molecular weight is 459 g/mol. The molecule has 3 atom stereocenters. The van der Waals surface area contributed by atoms with E-state index < -0.39 is 23.9 Å². The lowest BCUT2D eigenvalue weighted by Crippen LogP contribution is -2.51. The van der Waals surface area contributed by atoms with Crippen LogP contribution in [0.15, 0.2) is 24.3 Å². The third-order valence-electron chi connectivity index (χ3n) is 5.43. The lowest BCUT2D eigenvalue weighted by molar-refractivity contribution is -0.126.